The van der Waals surface area contributed by atoms with Gasteiger partial charge in [-0.05, 0) is 73.2 Å². The van der Waals surface area contributed by atoms with Crippen molar-refractivity contribution in [3.8, 4) is 0 Å². The second-order valence-corrected chi connectivity index (χ2v) is 9.23. The van der Waals surface area contributed by atoms with Crippen LogP contribution >= 0.6 is 0 Å². The molecule has 3 aromatic carbocycles. The molecule has 0 spiro atoms. The highest BCUT2D eigenvalue weighted by atomic mass is 19.4. The van der Waals surface area contributed by atoms with E-state index >= 15 is 0 Å². The van der Waals surface area contributed by atoms with E-state index in [4.69, 9.17) is 0 Å². The van der Waals surface area contributed by atoms with Crippen LogP contribution < -0.4 is 10.2 Å². The van der Waals surface area contributed by atoms with Crippen LogP contribution in [-0.2, 0) is 15.8 Å². The Labute approximate surface area is 205 Å². The molecule has 5 nitrogen and oxygen atoms in total. The van der Waals surface area contributed by atoms with Crippen LogP contribution in [0.4, 0.5) is 24.5 Å². The molecule has 2 aliphatic rings. The lowest BCUT2D eigenvalue weighted by molar-refractivity contribution is -0.137. The minimum atomic E-state index is -4.52. The molecule has 5 rings (SSSR count). The van der Waals surface area contributed by atoms with E-state index in [1.807, 2.05) is 30.3 Å². The van der Waals surface area contributed by atoms with Crippen molar-refractivity contribution < 1.29 is 27.6 Å². The van der Waals surface area contributed by atoms with Crippen molar-refractivity contribution in [2.24, 2.45) is 11.8 Å². The summed E-state index contributed by atoms with van der Waals surface area (Å²) in [6, 6.07) is 20.3. The first kappa shape index (κ1) is 23.8. The van der Waals surface area contributed by atoms with Crippen LogP contribution in [0, 0.1) is 11.8 Å². The lowest BCUT2D eigenvalue weighted by Crippen LogP contribution is -2.30. The van der Waals surface area contributed by atoms with E-state index in [0.717, 1.165) is 18.6 Å². The average molecular weight is 492 g/mol. The zero-order valence-corrected chi connectivity index (χ0v) is 19.2. The smallest absolute Gasteiger partial charge is 0.322 e. The van der Waals surface area contributed by atoms with Gasteiger partial charge < -0.3 is 5.32 Å². The van der Waals surface area contributed by atoms with Crippen molar-refractivity contribution in [2.45, 2.75) is 31.4 Å². The van der Waals surface area contributed by atoms with E-state index in [-0.39, 0.29) is 40.8 Å². The highest BCUT2D eigenvalue weighted by molar-refractivity contribution is 6.22. The molecule has 0 bridgehead atoms. The normalized spacial score (nSPS) is 21.9. The summed E-state index contributed by atoms with van der Waals surface area (Å²) in [4.78, 5) is 40.1. The third-order valence-electron chi connectivity index (χ3n) is 7.03. The minimum absolute atomic E-state index is 0.0147. The van der Waals surface area contributed by atoms with Crippen LogP contribution in [-0.4, -0.2) is 17.7 Å². The van der Waals surface area contributed by atoms with Gasteiger partial charge in [0.1, 0.15) is 0 Å². The summed E-state index contributed by atoms with van der Waals surface area (Å²) in [5.41, 5.74) is 0.896. The molecule has 184 valence electrons. The Bertz CT molecular complexity index is 1310. The topological polar surface area (TPSA) is 66.5 Å². The fourth-order valence-corrected chi connectivity index (χ4v) is 5.20. The second kappa shape index (κ2) is 9.26. The lowest BCUT2D eigenvalue weighted by atomic mass is 9.73. The van der Waals surface area contributed by atoms with Gasteiger partial charge in [0.05, 0.1) is 23.1 Å². The molecule has 0 radical (unpaired) electrons. The van der Waals surface area contributed by atoms with Crippen LogP contribution in [0.25, 0.3) is 0 Å². The molecular formula is C28H23F3N2O3. The average Bonchev–Trinajstić information content (AvgIpc) is 3.13. The fourth-order valence-electron chi connectivity index (χ4n) is 5.20. The number of nitrogens with zero attached hydrogens (tertiary/aromatic N) is 1. The number of carbonyl (C=O) groups excluding carboxylic acids is 3. The summed E-state index contributed by atoms with van der Waals surface area (Å²) in [5, 5.41) is 2.45. The van der Waals surface area contributed by atoms with Crippen LogP contribution in [0.1, 0.15) is 46.7 Å². The fraction of sp³-hybridized carbons (Fsp3) is 0.250. The molecule has 3 amide bonds. The Morgan fingerprint density at radius 3 is 2.22 bits per heavy atom. The zero-order chi connectivity index (χ0) is 25.4. The number of amides is 3. The predicted molar refractivity (Wildman–Crippen MR) is 128 cm³/mol. The Balaban J connectivity index is 1.29. The summed E-state index contributed by atoms with van der Waals surface area (Å²) in [6.07, 6.45) is -2.42. The third-order valence-corrected chi connectivity index (χ3v) is 7.03. The molecule has 3 aromatic rings. The first-order chi connectivity index (χ1) is 17.2. The number of fused-ring (bicyclic) bond motifs is 1. The molecular weight excluding hydrogens is 469 g/mol. The maximum absolute atomic E-state index is 13.2. The quantitative estimate of drug-likeness (QED) is 0.452. The van der Waals surface area contributed by atoms with Crippen LogP contribution in [0.2, 0.25) is 0 Å². The van der Waals surface area contributed by atoms with E-state index < -0.39 is 17.6 Å². The lowest BCUT2D eigenvalue weighted by Gasteiger charge is -2.28. The number of nitrogens with one attached hydrogen (secondary N) is 1. The van der Waals surface area contributed by atoms with Gasteiger partial charge in [0.15, 0.2) is 0 Å². The van der Waals surface area contributed by atoms with E-state index in [1.54, 1.807) is 0 Å². The largest absolute Gasteiger partial charge is 0.416 e. The molecule has 8 heteroatoms. The summed E-state index contributed by atoms with van der Waals surface area (Å²) in [7, 11) is 0. The molecule has 0 aromatic heterocycles. The summed E-state index contributed by atoms with van der Waals surface area (Å²) in [5.74, 6) is -1.54. The van der Waals surface area contributed by atoms with Gasteiger partial charge in [0, 0.05) is 11.3 Å². The van der Waals surface area contributed by atoms with Crippen LogP contribution in [0.15, 0.2) is 78.9 Å². The van der Waals surface area contributed by atoms with Gasteiger partial charge >= 0.3 is 6.18 Å². The number of rotatable bonds is 4. The van der Waals surface area contributed by atoms with Crippen LogP contribution in [0.5, 0.6) is 0 Å². The number of hydrogen-bond acceptors (Lipinski definition) is 3. The molecule has 1 saturated carbocycles. The molecule has 1 aliphatic heterocycles. The molecule has 1 N–H and O–H groups in total. The van der Waals surface area contributed by atoms with E-state index in [0.29, 0.717) is 18.5 Å². The Hall–Kier alpha value is -3.94. The number of benzene rings is 3. The third kappa shape index (κ3) is 4.51. The van der Waals surface area contributed by atoms with E-state index in [2.05, 4.69) is 5.32 Å². The number of hydrogen-bond donors (Lipinski definition) is 1. The second-order valence-electron chi connectivity index (χ2n) is 9.23. The van der Waals surface area contributed by atoms with Crippen molar-refractivity contribution in [2.75, 3.05) is 10.2 Å². The Morgan fingerprint density at radius 2 is 1.53 bits per heavy atom. The predicted octanol–water partition coefficient (Wildman–Crippen LogP) is 6.03. The molecule has 36 heavy (non-hydrogen) atoms. The minimum Gasteiger partial charge on any atom is -0.322 e. The van der Waals surface area contributed by atoms with Gasteiger partial charge in [-0.25, -0.2) is 0 Å². The number of anilines is 2. The number of alkyl halides is 3. The maximum Gasteiger partial charge on any atom is 0.416 e. The molecule has 1 heterocycles. The SMILES string of the molecule is O=C(Nc1cccc(C(F)(F)F)c1)c1ccc(N2C(=O)[C@H]3C[C@@H](c4ccccc4)CC[C@H]3C2=O)cc1. The van der Waals surface area contributed by atoms with Gasteiger partial charge in [-0.2, -0.15) is 13.2 Å². The van der Waals surface area contributed by atoms with Gasteiger partial charge in [-0.1, -0.05) is 36.4 Å². The van der Waals surface area contributed by atoms with Crippen molar-refractivity contribution in [1.29, 1.82) is 0 Å². The maximum atomic E-state index is 13.2. The van der Waals surface area contributed by atoms with Crippen molar-refractivity contribution in [1.82, 2.24) is 0 Å². The number of halogens is 3. The summed E-state index contributed by atoms with van der Waals surface area (Å²) in [6.45, 7) is 0. The molecule has 0 unspecified atom stereocenters. The number of imide groups is 1. The first-order valence-electron chi connectivity index (χ1n) is 11.7. The van der Waals surface area contributed by atoms with Crippen LogP contribution in [0.3, 0.4) is 0 Å². The standard InChI is InChI=1S/C28H23F3N2O3/c29-28(30,31)20-7-4-8-21(16-20)32-25(34)18-9-12-22(13-10-18)33-26(35)23-14-11-19(15-24(23)27(33)36)17-5-2-1-3-6-17/h1-10,12-13,16,19,23-24H,11,14-15H2,(H,32,34)/t19-,23+,24-/m0/s1. The Kier molecular flexibility index (Phi) is 6.12. The molecule has 3 atom stereocenters. The van der Waals surface area contributed by atoms with Gasteiger partial charge in [-0.15, -0.1) is 0 Å². The highest BCUT2D eigenvalue weighted by Crippen LogP contribution is 2.45. The zero-order valence-electron chi connectivity index (χ0n) is 19.2. The first-order valence-corrected chi connectivity index (χ1v) is 11.7. The van der Waals surface area contributed by atoms with Crippen molar-refractivity contribution in [3.05, 3.63) is 95.6 Å². The highest BCUT2D eigenvalue weighted by Gasteiger charge is 2.50. The van der Waals surface area contributed by atoms with Gasteiger partial charge in [-0.3, -0.25) is 19.3 Å². The van der Waals surface area contributed by atoms with Crippen molar-refractivity contribution in [3.63, 3.8) is 0 Å². The monoisotopic (exact) mass is 492 g/mol. The van der Waals surface area contributed by atoms with Crippen molar-refractivity contribution >= 4 is 29.1 Å². The molecule has 1 saturated heterocycles. The van der Waals surface area contributed by atoms with E-state index in [1.165, 1.54) is 46.9 Å². The summed E-state index contributed by atoms with van der Waals surface area (Å²) < 4.78 is 38.8. The van der Waals surface area contributed by atoms with E-state index in [9.17, 15) is 27.6 Å². The number of carbonyl (C=O) groups is 3. The van der Waals surface area contributed by atoms with Gasteiger partial charge in [0.2, 0.25) is 11.8 Å². The molecule has 2 fully saturated rings. The molecule has 1 aliphatic carbocycles. The Morgan fingerprint density at radius 1 is 0.833 bits per heavy atom. The summed E-state index contributed by atoms with van der Waals surface area (Å²) >= 11 is 0. The van der Waals surface area contributed by atoms with Gasteiger partial charge in [0.25, 0.3) is 5.91 Å².